The van der Waals surface area contributed by atoms with E-state index in [-0.39, 0.29) is 42.9 Å². The number of ether oxygens (including phenoxy) is 2. The van der Waals surface area contributed by atoms with Crippen LogP contribution in [0.3, 0.4) is 0 Å². The number of aliphatic hydroxyl groups is 1. The zero-order valence-electron chi connectivity index (χ0n) is 29.1. The Labute approximate surface area is 276 Å². The smallest absolute Gasteiger partial charge is 0.312 e. The molecule has 3 fully saturated rings. The number of hydrogen-bond acceptors (Lipinski definition) is 6. The molecule has 0 aromatic heterocycles. The molecule has 3 saturated heterocycles. The molecular weight excluding hydrogens is 580 g/mol. The summed E-state index contributed by atoms with van der Waals surface area (Å²) in [4.78, 5) is 47.3. The molecule has 1 aromatic carbocycles. The van der Waals surface area contributed by atoms with E-state index in [0.717, 1.165) is 18.4 Å². The van der Waals surface area contributed by atoms with Crippen molar-refractivity contribution in [2.24, 2.45) is 23.2 Å². The standard InChI is InChI=1S/C38H56N2O6/c1-10-12-13-17-21-45-34(44)30-29-32(42)40(28(24-41)22-27-18-15-14-16-19-27)31(38(29)23-26(3)37(30,9)46-38)33(43)39(20-11-2)36(7,8)25-35(4,5)6/h10-11,14-16,18-19,26,28-31,41H,1-2,12-13,17,20-25H2,3-9H3/t26?,28-,29+,30+,31?,37-,38?/m1/s1. The van der Waals surface area contributed by atoms with E-state index in [2.05, 4.69) is 33.9 Å². The van der Waals surface area contributed by atoms with Gasteiger partial charge in [-0.25, -0.2) is 0 Å². The molecule has 2 bridgehead atoms. The van der Waals surface area contributed by atoms with Crippen molar-refractivity contribution in [2.75, 3.05) is 19.8 Å². The number of esters is 1. The third kappa shape index (κ3) is 6.57. The van der Waals surface area contributed by atoms with E-state index >= 15 is 4.79 Å². The summed E-state index contributed by atoms with van der Waals surface area (Å²) in [5.41, 5.74) is -1.94. The first-order chi connectivity index (χ1) is 21.6. The maximum absolute atomic E-state index is 15.2. The van der Waals surface area contributed by atoms with Crippen LogP contribution in [0.5, 0.6) is 0 Å². The molecule has 1 N–H and O–H groups in total. The van der Waals surface area contributed by atoms with Gasteiger partial charge in [-0.2, -0.15) is 0 Å². The molecule has 3 heterocycles. The monoisotopic (exact) mass is 636 g/mol. The van der Waals surface area contributed by atoms with Crippen LogP contribution in [-0.2, 0) is 30.3 Å². The molecule has 2 amide bonds. The molecule has 0 aliphatic carbocycles. The normalized spacial score (nSPS) is 29.4. The summed E-state index contributed by atoms with van der Waals surface area (Å²) >= 11 is 0. The lowest BCUT2D eigenvalue weighted by Gasteiger charge is -2.46. The molecule has 0 radical (unpaired) electrons. The van der Waals surface area contributed by atoms with E-state index in [9.17, 15) is 14.7 Å². The summed E-state index contributed by atoms with van der Waals surface area (Å²) in [7, 11) is 0. The van der Waals surface area contributed by atoms with Crippen LogP contribution in [0.15, 0.2) is 55.6 Å². The van der Waals surface area contributed by atoms with Crippen LogP contribution >= 0.6 is 0 Å². The third-order valence-electron chi connectivity index (χ3n) is 10.5. The predicted molar refractivity (Wildman–Crippen MR) is 180 cm³/mol. The molecule has 3 aliphatic rings. The van der Waals surface area contributed by atoms with Gasteiger partial charge in [-0.05, 0) is 76.2 Å². The second-order valence-electron chi connectivity index (χ2n) is 15.7. The van der Waals surface area contributed by atoms with Gasteiger partial charge < -0.3 is 24.4 Å². The number of nitrogens with zero attached hydrogens (tertiary/aromatic N) is 2. The van der Waals surface area contributed by atoms with Gasteiger partial charge >= 0.3 is 5.97 Å². The number of aliphatic hydroxyl groups excluding tert-OH is 1. The van der Waals surface area contributed by atoms with Crippen LogP contribution in [0.2, 0.25) is 0 Å². The number of benzene rings is 1. The Balaban J connectivity index is 1.82. The maximum atomic E-state index is 15.2. The highest BCUT2D eigenvalue weighted by molar-refractivity contribution is 5.99. The lowest BCUT2D eigenvalue weighted by molar-refractivity contribution is -0.165. The van der Waals surface area contributed by atoms with Gasteiger partial charge in [-0.1, -0.05) is 70.2 Å². The zero-order valence-corrected chi connectivity index (χ0v) is 29.1. The number of likely N-dealkylation sites (tertiary alicyclic amines) is 1. The second kappa shape index (κ2) is 13.6. The molecule has 1 aromatic rings. The number of carbonyl (C=O) groups is 3. The van der Waals surface area contributed by atoms with Gasteiger partial charge in [0.05, 0.1) is 30.8 Å². The Morgan fingerprint density at radius 3 is 2.41 bits per heavy atom. The minimum Gasteiger partial charge on any atom is -0.465 e. The number of hydrogen-bond donors (Lipinski definition) is 1. The van der Waals surface area contributed by atoms with Crippen LogP contribution in [0, 0.1) is 23.2 Å². The van der Waals surface area contributed by atoms with Crippen molar-refractivity contribution in [1.82, 2.24) is 9.80 Å². The lowest BCUT2D eigenvalue weighted by Crippen LogP contribution is -2.62. The van der Waals surface area contributed by atoms with Gasteiger partial charge in [-0.15, -0.1) is 13.2 Å². The molecule has 46 heavy (non-hydrogen) atoms. The third-order valence-corrected chi connectivity index (χ3v) is 10.5. The number of amides is 2. The van der Waals surface area contributed by atoms with Crippen LogP contribution in [0.25, 0.3) is 0 Å². The number of allylic oxidation sites excluding steroid dienone is 1. The van der Waals surface area contributed by atoms with Crippen LogP contribution in [0.1, 0.15) is 86.1 Å². The lowest BCUT2D eigenvalue weighted by atomic mass is 9.62. The van der Waals surface area contributed by atoms with Crippen LogP contribution in [0.4, 0.5) is 0 Å². The molecule has 1 spiro atoms. The molecule has 254 valence electrons. The number of unbranched alkanes of at least 4 members (excludes halogenated alkanes) is 2. The van der Waals surface area contributed by atoms with Crippen molar-refractivity contribution >= 4 is 17.8 Å². The van der Waals surface area contributed by atoms with E-state index < -0.39 is 46.6 Å². The van der Waals surface area contributed by atoms with E-state index in [1.54, 1.807) is 11.0 Å². The fourth-order valence-electron chi connectivity index (χ4n) is 8.80. The maximum Gasteiger partial charge on any atom is 0.312 e. The number of rotatable bonds is 15. The van der Waals surface area contributed by atoms with Gasteiger partial charge in [0.15, 0.2) is 0 Å². The van der Waals surface area contributed by atoms with Crippen molar-refractivity contribution in [3.63, 3.8) is 0 Å². The minimum atomic E-state index is -1.24. The SMILES string of the molecule is C=CCCCCOC(=O)[C@@H]1[C@H]2C(=O)N([C@@H](CO)Cc3ccccc3)C(C(=O)N(CC=C)C(C)(C)CC(C)(C)C)C23CC(C)[C@@]1(C)O3. The number of fused-ring (bicyclic) bond motifs is 1. The molecule has 8 heteroatoms. The topological polar surface area (TPSA) is 96.4 Å². The first kappa shape index (κ1) is 35.9. The summed E-state index contributed by atoms with van der Waals surface area (Å²) < 4.78 is 12.8. The summed E-state index contributed by atoms with van der Waals surface area (Å²) in [5.74, 6) is -2.90. The van der Waals surface area contributed by atoms with E-state index in [0.29, 0.717) is 25.7 Å². The number of carbonyl (C=O) groups excluding carboxylic acids is 3. The van der Waals surface area contributed by atoms with Gasteiger partial charge in [0.25, 0.3) is 0 Å². The van der Waals surface area contributed by atoms with Crippen molar-refractivity contribution in [3.05, 3.63) is 61.2 Å². The van der Waals surface area contributed by atoms with Crippen molar-refractivity contribution < 1.29 is 29.0 Å². The Morgan fingerprint density at radius 2 is 1.83 bits per heavy atom. The summed E-state index contributed by atoms with van der Waals surface area (Å²) in [6.07, 6.45) is 7.44. The van der Waals surface area contributed by atoms with Gasteiger partial charge in [-0.3, -0.25) is 14.4 Å². The Kier molecular flexibility index (Phi) is 10.6. The van der Waals surface area contributed by atoms with E-state index in [1.165, 1.54) is 0 Å². The largest absolute Gasteiger partial charge is 0.465 e. The summed E-state index contributed by atoms with van der Waals surface area (Å²) in [5, 5.41) is 10.8. The molecular formula is C38H56N2O6. The fourth-order valence-corrected chi connectivity index (χ4v) is 8.80. The highest BCUT2D eigenvalue weighted by atomic mass is 16.6. The average Bonchev–Trinajstić information content (AvgIpc) is 3.49. The molecule has 3 aliphatic heterocycles. The summed E-state index contributed by atoms with van der Waals surface area (Å²) in [6, 6.07) is 7.93. The molecule has 3 unspecified atom stereocenters. The Bertz CT molecular complexity index is 1290. The minimum absolute atomic E-state index is 0.0824. The quantitative estimate of drug-likeness (QED) is 0.150. The zero-order chi connectivity index (χ0) is 34.1. The van der Waals surface area contributed by atoms with Crippen LogP contribution < -0.4 is 0 Å². The first-order valence-corrected chi connectivity index (χ1v) is 16.9. The van der Waals surface area contributed by atoms with Gasteiger partial charge in [0, 0.05) is 12.1 Å². The highest BCUT2D eigenvalue weighted by Gasteiger charge is 2.81. The average molecular weight is 637 g/mol. The van der Waals surface area contributed by atoms with Crippen molar-refractivity contribution in [2.45, 2.75) is 116 Å². The highest BCUT2D eigenvalue weighted by Crippen LogP contribution is 2.66. The van der Waals surface area contributed by atoms with Crippen molar-refractivity contribution in [3.8, 4) is 0 Å². The van der Waals surface area contributed by atoms with Gasteiger partial charge in [0.2, 0.25) is 11.8 Å². The molecule has 7 atom stereocenters. The first-order valence-electron chi connectivity index (χ1n) is 16.9. The summed E-state index contributed by atoms with van der Waals surface area (Å²) in [6.45, 7) is 22.4. The van der Waals surface area contributed by atoms with Crippen LogP contribution in [-0.4, -0.2) is 81.3 Å². The predicted octanol–water partition coefficient (Wildman–Crippen LogP) is 5.73. The van der Waals surface area contributed by atoms with Gasteiger partial charge in [0.1, 0.15) is 17.6 Å². The van der Waals surface area contributed by atoms with E-state index in [4.69, 9.17) is 9.47 Å². The second-order valence-corrected chi connectivity index (χ2v) is 15.7. The Morgan fingerprint density at radius 1 is 1.15 bits per heavy atom. The fraction of sp³-hybridized carbons (Fsp3) is 0.658. The van der Waals surface area contributed by atoms with E-state index in [1.807, 2.05) is 69.0 Å². The molecule has 0 saturated carbocycles. The van der Waals surface area contributed by atoms with Crippen molar-refractivity contribution in [1.29, 1.82) is 0 Å². The molecule has 8 nitrogen and oxygen atoms in total. The molecule has 4 rings (SSSR count). The Hall–Kier alpha value is -2.97.